The van der Waals surface area contributed by atoms with Crippen molar-refractivity contribution in [2.24, 2.45) is 5.92 Å². The Morgan fingerprint density at radius 2 is 2.50 bits per heavy atom. The zero-order chi connectivity index (χ0) is 8.81. The Kier molecular flexibility index (Phi) is 4.53. The standard InChI is InChI=1S/C8H17NO3/c1-11-6-8(10)12-5-7-2-3-9-4-7/h7-10H,2-6H2,1H3. The topological polar surface area (TPSA) is 50.7 Å². The van der Waals surface area contributed by atoms with Gasteiger partial charge in [0.1, 0.15) is 0 Å². The summed E-state index contributed by atoms with van der Waals surface area (Å²) in [6.45, 7) is 2.94. The first-order valence-electron chi connectivity index (χ1n) is 4.32. The van der Waals surface area contributed by atoms with Gasteiger partial charge in [-0.15, -0.1) is 0 Å². The molecule has 1 aliphatic rings. The van der Waals surface area contributed by atoms with E-state index in [2.05, 4.69) is 5.32 Å². The van der Waals surface area contributed by atoms with E-state index in [1.807, 2.05) is 0 Å². The van der Waals surface area contributed by atoms with E-state index in [-0.39, 0.29) is 6.61 Å². The highest BCUT2D eigenvalue weighted by Crippen LogP contribution is 2.08. The van der Waals surface area contributed by atoms with Crippen molar-refractivity contribution >= 4 is 0 Å². The Hall–Kier alpha value is -0.160. The maximum absolute atomic E-state index is 9.14. The summed E-state index contributed by atoms with van der Waals surface area (Å²) in [6.07, 6.45) is 0.371. The molecule has 0 spiro atoms. The fourth-order valence-electron chi connectivity index (χ4n) is 1.29. The molecule has 0 saturated carbocycles. The first kappa shape index (κ1) is 9.92. The van der Waals surface area contributed by atoms with Gasteiger partial charge in [-0.25, -0.2) is 0 Å². The van der Waals surface area contributed by atoms with E-state index >= 15 is 0 Å². The molecule has 2 unspecified atom stereocenters. The highest BCUT2D eigenvalue weighted by Gasteiger charge is 2.15. The molecular formula is C8H17NO3. The molecule has 1 rings (SSSR count). The average molecular weight is 175 g/mol. The molecule has 1 heterocycles. The third-order valence-corrected chi connectivity index (χ3v) is 2.00. The number of ether oxygens (including phenoxy) is 2. The zero-order valence-electron chi connectivity index (χ0n) is 7.45. The van der Waals surface area contributed by atoms with Crippen molar-refractivity contribution in [3.05, 3.63) is 0 Å². The Morgan fingerprint density at radius 3 is 3.08 bits per heavy atom. The Bertz CT molecular complexity index is 115. The number of rotatable bonds is 5. The van der Waals surface area contributed by atoms with Crippen LogP contribution in [0.3, 0.4) is 0 Å². The molecule has 12 heavy (non-hydrogen) atoms. The lowest BCUT2D eigenvalue weighted by molar-refractivity contribution is -0.138. The van der Waals surface area contributed by atoms with E-state index in [0.29, 0.717) is 12.5 Å². The largest absolute Gasteiger partial charge is 0.379 e. The molecule has 0 amide bonds. The summed E-state index contributed by atoms with van der Waals surface area (Å²) in [5.74, 6) is 0.552. The van der Waals surface area contributed by atoms with Crippen LogP contribution in [0.2, 0.25) is 0 Å². The first-order valence-corrected chi connectivity index (χ1v) is 4.32. The summed E-state index contributed by atoms with van der Waals surface area (Å²) >= 11 is 0. The van der Waals surface area contributed by atoms with Gasteiger partial charge in [0.15, 0.2) is 6.29 Å². The van der Waals surface area contributed by atoms with Gasteiger partial charge in [-0.2, -0.15) is 0 Å². The number of hydrogen-bond acceptors (Lipinski definition) is 4. The second-order valence-corrected chi connectivity index (χ2v) is 3.10. The molecule has 0 aromatic carbocycles. The third-order valence-electron chi connectivity index (χ3n) is 2.00. The van der Waals surface area contributed by atoms with Crippen LogP contribution in [-0.4, -0.2) is 44.8 Å². The minimum absolute atomic E-state index is 0.250. The molecule has 0 bridgehead atoms. The molecule has 0 aromatic heterocycles. The Morgan fingerprint density at radius 1 is 1.67 bits per heavy atom. The second kappa shape index (κ2) is 5.48. The maximum Gasteiger partial charge on any atom is 0.178 e. The summed E-state index contributed by atoms with van der Waals surface area (Å²) in [7, 11) is 1.55. The van der Waals surface area contributed by atoms with E-state index in [4.69, 9.17) is 14.6 Å². The van der Waals surface area contributed by atoms with Crippen LogP contribution in [0.25, 0.3) is 0 Å². The van der Waals surface area contributed by atoms with Gasteiger partial charge in [0.2, 0.25) is 0 Å². The van der Waals surface area contributed by atoms with Gasteiger partial charge in [-0.3, -0.25) is 0 Å². The average Bonchev–Trinajstić information content (AvgIpc) is 2.53. The molecule has 72 valence electrons. The monoisotopic (exact) mass is 175 g/mol. The lowest BCUT2D eigenvalue weighted by Crippen LogP contribution is -2.23. The summed E-state index contributed by atoms with van der Waals surface area (Å²) < 4.78 is 9.89. The van der Waals surface area contributed by atoms with E-state index in [1.165, 1.54) is 0 Å². The number of aliphatic hydroxyl groups is 1. The van der Waals surface area contributed by atoms with Crippen LogP contribution in [0.15, 0.2) is 0 Å². The van der Waals surface area contributed by atoms with Crippen molar-refractivity contribution < 1.29 is 14.6 Å². The molecule has 1 aliphatic heterocycles. The highest BCUT2D eigenvalue weighted by atomic mass is 16.6. The van der Waals surface area contributed by atoms with E-state index in [0.717, 1.165) is 19.5 Å². The fourth-order valence-corrected chi connectivity index (χ4v) is 1.29. The van der Waals surface area contributed by atoms with Gasteiger partial charge in [-0.1, -0.05) is 0 Å². The number of hydrogen-bond donors (Lipinski definition) is 2. The van der Waals surface area contributed by atoms with Crippen LogP contribution in [0.4, 0.5) is 0 Å². The van der Waals surface area contributed by atoms with Gasteiger partial charge < -0.3 is 19.9 Å². The lowest BCUT2D eigenvalue weighted by Gasteiger charge is -2.13. The van der Waals surface area contributed by atoms with Crippen LogP contribution >= 0.6 is 0 Å². The van der Waals surface area contributed by atoms with Crippen molar-refractivity contribution in [2.45, 2.75) is 12.7 Å². The van der Waals surface area contributed by atoms with Crippen LogP contribution in [-0.2, 0) is 9.47 Å². The summed E-state index contributed by atoms with van der Waals surface area (Å²) in [6, 6.07) is 0. The highest BCUT2D eigenvalue weighted by molar-refractivity contribution is 4.70. The SMILES string of the molecule is COCC(O)OCC1CCNC1. The quantitative estimate of drug-likeness (QED) is 0.557. The third kappa shape index (κ3) is 3.49. The van der Waals surface area contributed by atoms with Gasteiger partial charge in [0.25, 0.3) is 0 Å². The fraction of sp³-hybridized carbons (Fsp3) is 1.00. The van der Waals surface area contributed by atoms with Crippen molar-refractivity contribution in [1.29, 1.82) is 0 Å². The minimum atomic E-state index is -0.768. The minimum Gasteiger partial charge on any atom is -0.379 e. The summed E-state index contributed by atoms with van der Waals surface area (Å²) in [5, 5.41) is 12.4. The molecule has 0 aromatic rings. The van der Waals surface area contributed by atoms with Crippen molar-refractivity contribution in [2.75, 3.05) is 33.4 Å². The molecule has 1 fully saturated rings. The van der Waals surface area contributed by atoms with Crippen molar-refractivity contribution in [3.63, 3.8) is 0 Å². The van der Waals surface area contributed by atoms with Crippen molar-refractivity contribution in [3.8, 4) is 0 Å². The maximum atomic E-state index is 9.14. The summed E-state index contributed by atoms with van der Waals surface area (Å²) in [4.78, 5) is 0. The van der Waals surface area contributed by atoms with Crippen LogP contribution < -0.4 is 5.32 Å². The predicted molar refractivity (Wildman–Crippen MR) is 44.8 cm³/mol. The van der Waals surface area contributed by atoms with Crippen LogP contribution in [0, 0.1) is 5.92 Å². The molecule has 4 heteroatoms. The van der Waals surface area contributed by atoms with E-state index in [9.17, 15) is 0 Å². The smallest absolute Gasteiger partial charge is 0.178 e. The number of nitrogens with one attached hydrogen (secondary N) is 1. The molecular weight excluding hydrogens is 158 g/mol. The van der Waals surface area contributed by atoms with Crippen LogP contribution in [0.5, 0.6) is 0 Å². The summed E-state index contributed by atoms with van der Waals surface area (Å²) in [5.41, 5.74) is 0. The van der Waals surface area contributed by atoms with Gasteiger partial charge in [0, 0.05) is 13.7 Å². The molecule has 2 atom stereocenters. The van der Waals surface area contributed by atoms with Crippen molar-refractivity contribution in [1.82, 2.24) is 5.32 Å². The van der Waals surface area contributed by atoms with E-state index < -0.39 is 6.29 Å². The van der Waals surface area contributed by atoms with Gasteiger partial charge >= 0.3 is 0 Å². The normalized spacial score (nSPS) is 26.0. The Labute approximate surface area is 72.9 Å². The molecule has 0 aliphatic carbocycles. The lowest BCUT2D eigenvalue weighted by atomic mass is 10.1. The first-order chi connectivity index (χ1) is 5.83. The number of methoxy groups -OCH3 is 1. The van der Waals surface area contributed by atoms with Gasteiger partial charge in [-0.05, 0) is 18.9 Å². The Balaban J connectivity index is 1.99. The predicted octanol–water partition coefficient (Wildman–Crippen LogP) is -0.423. The molecule has 2 N–H and O–H groups in total. The van der Waals surface area contributed by atoms with E-state index in [1.54, 1.807) is 7.11 Å². The zero-order valence-corrected chi connectivity index (χ0v) is 7.45. The molecule has 1 saturated heterocycles. The molecule has 0 radical (unpaired) electrons. The molecule has 4 nitrogen and oxygen atoms in total. The van der Waals surface area contributed by atoms with Gasteiger partial charge in [0.05, 0.1) is 13.2 Å². The number of aliphatic hydroxyl groups excluding tert-OH is 1. The second-order valence-electron chi connectivity index (χ2n) is 3.10. The van der Waals surface area contributed by atoms with Crippen LogP contribution in [0.1, 0.15) is 6.42 Å².